The van der Waals surface area contributed by atoms with E-state index in [1.165, 1.54) is 0 Å². The zero-order valence-electron chi connectivity index (χ0n) is 22.5. The molecule has 0 radical (unpaired) electrons. The lowest BCUT2D eigenvalue weighted by Gasteiger charge is -2.42. The number of benzene rings is 3. The predicted octanol–water partition coefficient (Wildman–Crippen LogP) is 4.03. The van der Waals surface area contributed by atoms with Crippen molar-refractivity contribution >= 4 is 17.5 Å². The van der Waals surface area contributed by atoms with Crippen LogP contribution in [0.2, 0.25) is 0 Å². The van der Waals surface area contributed by atoms with Crippen molar-refractivity contribution in [1.29, 1.82) is 0 Å². The second kappa shape index (κ2) is 12.3. The zero-order valence-corrected chi connectivity index (χ0v) is 22.5. The van der Waals surface area contributed by atoms with Gasteiger partial charge in [0.25, 0.3) is 5.91 Å². The number of nitrogens with zero attached hydrogens (tertiary/aromatic N) is 2. The van der Waals surface area contributed by atoms with E-state index in [0.717, 1.165) is 50.4 Å². The van der Waals surface area contributed by atoms with Crippen LogP contribution in [-0.4, -0.2) is 70.3 Å². The lowest BCUT2D eigenvalue weighted by atomic mass is 9.78. The normalized spacial score (nSPS) is 19.3. The summed E-state index contributed by atoms with van der Waals surface area (Å²) in [5.41, 5.74) is 2.81. The van der Waals surface area contributed by atoms with E-state index in [1.807, 2.05) is 66.7 Å². The topological polar surface area (TPSA) is 80.3 Å². The molecule has 2 aliphatic rings. The van der Waals surface area contributed by atoms with E-state index in [9.17, 15) is 9.59 Å². The van der Waals surface area contributed by atoms with E-state index >= 15 is 0 Å². The fourth-order valence-electron chi connectivity index (χ4n) is 5.44. The molecule has 3 aromatic rings. The maximum Gasteiger partial charge on any atom is 0.259 e. The number of carbonyl (C=O) groups is 2. The van der Waals surface area contributed by atoms with Crippen LogP contribution in [0.3, 0.4) is 0 Å². The van der Waals surface area contributed by atoms with Crippen LogP contribution in [0.5, 0.6) is 11.5 Å². The molecule has 8 nitrogen and oxygen atoms in total. The molecule has 2 heterocycles. The molecule has 1 N–H and O–H groups in total. The standard InChI is InChI=1S/C31H35N3O5/c1-37-24-12-8-22(9-13-24)29-28(30(35)32-16-5-17-33-18-20-39-21-19-33)26-6-3-4-7-27(26)31(36)34(29)23-10-14-25(38-2)15-11-23/h3-4,6-15,28-29H,5,16-21H2,1-2H3,(H,32,35)/t28-,29-/m0/s1. The van der Waals surface area contributed by atoms with E-state index in [4.69, 9.17) is 14.2 Å². The van der Waals surface area contributed by atoms with E-state index in [-0.39, 0.29) is 11.8 Å². The lowest BCUT2D eigenvalue weighted by molar-refractivity contribution is -0.123. The molecule has 0 saturated carbocycles. The first kappa shape index (κ1) is 26.7. The summed E-state index contributed by atoms with van der Waals surface area (Å²) in [7, 11) is 3.23. The third kappa shape index (κ3) is 5.77. The molecule has 3 aromatic carbocycles. The summed E-state index contributed by atoms with van der Waals surface area (Å²) >= 11 is 0. The van der Waals surface area contributed by atoms with Crippen LogP contribution in [0.15, 0.2) is 72.8 Å². The number of ether oxygens (including phenoxy) is 3. The fraction of sp³-hybridized carbons (Fsp3) is 0.355. The number of rotatable bonds is 9. The van der Waals surface area contributed by atoms with Crippen molar-refractivity contribution in [3.05, 3.63) is 89.5 Å². The maximum atomic E-state index is 14.0. The van der Waals surface area contributed by atoms with Gasteiger partial charge in [-0.05, 0) is 66.6 Å². The first-order chi connectivity index (χ1) is 19.1. The minimum absolute atomic E-state index is 0.101. The number of morpholine rings is 1. The molecule has 2 aliphatic heterocycles. The Labute approximate surface area is 229 Å². The van der Waals surface area contributed by atoms with E-state index in [1.54, 1.807) is 25.2 Å². The van der Waals surface area contributed by atoms with Crippen molar-refractivity contribution in [2.24, 2.45) is 0 Å². The highest BCUT2D eigenvalue weighted by Crippen LogP contribution is 2.45. The molecule has 0 aliphatic carbocycles. The van der Waals surface area contributed by atoms with E-state index in [2.05, 4.69) is 10.2 Å². The molecule has 0 bridgehead atoms. The molecule has 8 heteroatoms. The number of methoxy groups -OCH3 is 2. The first-order valence-corrected chi connectivity index (χ1v) is 13.4. The van der Waals surface area contributed by atoms with Crippen molar-refractivity contribution in [2.45, 2.75) is 18.4 Å². The smallest absolute Gasteiger partial charge is 0.259 e. The SMILES string of the molecule is COc1ccc([C@H]2[C@@H](C(=O)NCCCN3CCOCC3)c3ccccc3C(=O)N2c2ccc(OC)cc2)cc1. The van der Waals surface area contributed by atoms with Gasteiger partial charge >= 0.3 is 0 Å². The Morgan fingerprint density at radius 2 is 1.56 bits per heavy atom. The third-order valence-corrected chi connectivity index (χ3v) is 7.48. The molecule has 2 amide bonds. The summed E-state index contributed by atoms with van der Waals surface area (Å²) in [5, 5.41) is 3.18. The fourth-order valence-corrected chi connectivity index (χ4v) is 5.44. The van der Waals surface area contributed by atoms with Crippen LogP contribution in [0.4, 0.5) is 5.69 Å². The number of nitrogens with one attached hydrogen (secondary N) is 1. The third-order valence-electron chi connectivity index (χ3n) is 7.48. The minimum Gasteiger partial charge on any atom is -0.497 e. The van der Waals surface area contributed by atoms with Gasteiger partial charge in [-0.25, -0.2) is 0 Å². The second-order valence-electron chi connectivity index (χ2n) is 9.75. The average molecular weight is 530 g/mol. The molecule has 39 heavy (non-hydrogen) atoms. The number of amides is 2. The van der Waals surface area contributed by atoms with Crippen molar-refractivity contribution in [3.63, 3.8) is 0 Å². The summed E-state index contributed by atoms with van der Waals surface area (Å²) < 4.78 is 16.2. The van der Waals surface area contributed by atoms with Gasteiger partial charge in [0, 0.05) is 30.9 Å². The molecule has 1 saturated heterocycles. The molecule has 0 spiro atoms. The van der Waals surface area contributed by atoms with E-state index in [0.29, 0.717) is 29.3 Å². The average Bonchev–Trinajstić information content (AvgIpc) is 3.00. The van der Waals surface area contributed by atoms with Gasteiger partial charge in [-0.3, -0.25) is 19.4 Å². The van der Waals surface area contributed by atoms with Crippen molar-refractivity contribution in [1.82, 2.24) is 10.2 Å². The zero-order chi connectivity index (χ0) is 27.2. The van der Waals surface area contributed by atoms with Gasteiger partial charge in [-0.2, -0.15) is 0 Å². The van der Waals surface area contributed by atoms with Crippen molar-refractivity contribution in [2.75, 3.05) is 58.5 Å². The monoisotopic (exact) mass is 529 g/mol. The van der Waals surface area contributed by atoms with Gasteiger partial charge in [-0.15, -0.1) is 0 Å². The quantitative estimate of drug-likeness (QED) is 0.422. The first-order valence-electron chi connectivity index (χ1n) is 13.4. The highest BCUT2D eigenvalue weighted by Gasteiger charge is 2.44. The summed E-state index contributed by atoms with van der Waals surface area (Å²) in [5.74, 6) is 0.558. The number of hydrogen-bond acceptors (Lipinski definition) is 6. The number of hydrogen-bond donors (Lipinski definition) is 1. The Kier molecular flexibility index (Phi) is 8.44. The van der Waals surface area contributed by atoms with Crippen LogP contribution in [-0.2, 0) is 9.53 Å². The van der Waals surface area contributed by atoms with Gasteiger partial charge in [0.2, 0.25) is 5.91 Å². The van der Waals surface area contributed by atoms with Gasteiger partial charge in [-0.1, -0.05) is 30.3 Å². The molecule has 0 unspecified atom stereocenters. The van der Waals surface area contributed by atoms with Crippen molar-refractivity contribution < 1.29 is 23.8 Å². The molecular weight excluding hydrogens is 494 g/mol. The second-order valence-corrected chi connectivity index (χ2v) is 9.75. The summed E-state index contributed by atoms with van der Waals surface area (Å²) in [6, 6.07) is 21.8. The summed E-state index contributed by atoms with van der Waals surface area (Å²) in [4.78, 5) is 32.1. The lowest BCUT2D eigenvalue weighted by Crippen LogP contribution is -2.48. The maximum absolute atomic E-state index is 14.0. The Morgan fingerprint density at radius 1 is 0.923 bits per heavy atom. The van der Waals surface area contributed by atoms with Crippen LogP contribution in [0.1, 0.15) is 39.9 Å². The largest absolute Gasteiger partial charge is 0.497 e. The Hall–Kier alpha value is -3.88. The summed E-state index contributed by atoms with van der Waals surface area (Å²) in [6.45, 7) is 4.81. The van der Waals surface area contributed by atoms with Crippen molar-refractivity contribution in [3.8, 4) is 11.5 Å². The highest BCUT2D eigenvalue weighted by molar-refractivity contribution is 6.11. The van der Waals surface area contributed by atoms with Gasteiger partial charge in [0.15, 0.2) is 0 Å². The van der Waals surface area contributed by atoms with Crippen LogP contribution >= 0.6 is 0 Å². The molecule has 5 rings (SSSR count). The molecular formula is C31H35N3O5. The predicted molar refractivity (Wildman–Crippen MR) is 150 cm³/mol. The number of fused-ring (bicyclic) bond motifs is 1. The molecule has 1 fully saturated rings. The molecule has 204 valence electrons. The van der Waals surface area contributed by atoms with Gasteiger partial charge in [0.1, 0.15) is 11.5 Å². The molecule has 2 atom stereocenters. The number of carbonyl (C=O) groups excluding carboxylic acids is 2. The van der Waals surface area contributed by atoms with Crippen LogP contribution < -0.4 is 19.7 Å². The Balaban J connectivity index is 1.49. The molecule has 0 aromatic heterocycles. The van der Waals surface area contributed by atoms with E-state index < -0.39 is 12.0 Å². The van der Waals surface area contributed by atoms with Gasteiger partial charge in [0.05, 0.1) is 39.4 Å². The Bertz CT molecular complexity index is 1270. The van der Waals surface area contributed by atoms with Gasteiger partial charge < -0.3 is 19.5 Å². The Morgan fingerprint density at radius 3 is 2.23 bits per heavy atom. The number of anilines is 1. The minimum atomic E-state index is -0.599. The van der Waals surface area contributed by atoms with Crippen LogP contribution in [0.25, 0.3) is 0 Å². The summed E-state index contributed by atoms with van der Waals surface area (Å²) in [6.07, 6.45) is 0.842. The van der Waals surface area contributed by atoms with Crippen LogP contribution in [0, 0.1) is 0 Å². The highest BCUT2D eigenvalue weighted by atomic mass is 16.5.